The summed E-state index contributed by atoms with van der Waals surface area (Å²) < 4.78 is 22.7. The highest BCUT2D eigenvalue weighted by atomic mass is 32.2. The van der Waals surface area contributed by atoms with Crippen molar-refractivity contribution >= 4 is 15.8 Å². The monoisotopic (exact) mass is 249 g/mol. The summed E-state index contributed by atoms with van der Waals surface area (Å²) in [6.07, 6.45) is 0.823. The Morgan fingerprint density at radius 2 is 2.12 bits per heavy atom. The largest absolute Gasteiger partial charge is 0.480 e. The lowest BCUT2D eigenvalue weighted by atomic mass is 10.0. The molecule has 1 N–H and O–H groups in total. The fourth-order valence-electron chi connectivity index (χ4n) is 2.08. The molecule has 0 spiro atoms. The zero-order chi connectivity index (χ0) is 12.3. The van der Waals surface area contributed by atoms with Crippen LogP contribution in [0.25, 0.3) is 0 Å². The van der Waals surface area contributed by atoms with E-state index in [0.29, 0.717) is 13.1 Å². The number of carbonyl (C=O) groups is 1. The molecular formula is C10H19NO4S. The molecule has 0 saturated carbocycles. The van der Waals surface area contributed by atoms with Gasteiger partial charge >= 0.3 is 5.97 Å². The van der Waals surface area contributed by atoms with Crippen molar-refractivity contribution in [2.45, 2.75) is 26.3 Å². The quantitative estimate of drug-likeness (QED) is 0.754. The summed E-state index contributed by atoms with van der Waals surface area (Å²) in [4.78, 5) is 12.8. The SMILES string of the molecule is CCS(=O)(=O)CCN1CCC(C)C1C(=O)O. The van der Waals surface area contributed by atoms with Gasteiger partial charge in [-0.1, -0.05) is 13.8 Å². The molecule has 1 aliphatic heterocycles. The van der Waals surface area contributed by atoms with Crippen LogP contribution >= 0.6 is 0 Å². The van der Waals surface area contributed by atoms with Gasteiger partial charge in [-0.05, 0) is 18.9 Å². The first-order chi connectivity index (χ1) is 7.37. The summed E-state index contributed by atoms with van der Waals surface area (Å²) in [6, 6.07) is -0.521. The number of hydrogen-bond acceptors (Lipinski definition) is 4. The maximum absolute atomic E-state index is 11.3. The molecule has 1 heterocycles. The van der Waals surface area contributed by atoms with E-state index in [-0.39, 0.29) is 17.4 Å². The van der Waals surface area contributed by atoms with E-state index in [1.54, 1.807) is 11.8 Å². The minimum Gasteiger partial charge on any atom is -0.480 e. The van der Waals surface area contributed by atoms with Gasteiger partial charge in [-0.15, -0.1) is 0 Å². The average molecular weight is 249 g/mol. The van der Waals surface area contributed by atoms with Crippen LogP contribution in [0, 0.1) is 5.92 Å². The van der Waals surface area contributed by atoms with Crippen molar-refractivity contribution in [3.05, 3.63) is 0 Å². The van der Waals surface area contributed by atoms with E-state index in [9.17, 15) is 13.2 Å². The second-order valence-electron chi connectivity index (χ2n) is 4.32. The summed E-state index contributed by atoms with van der Waals surface area (Å²) in [5.41, 5.74) is 0. The number of sulfone groups is 1. The smallest absolute Gasteiger partial charge is 0.321 e. The maximum atomic E-state index is 11.3. The van der Waals surface area contributed by atoms with E-state index in [0.717, 1.165) is 6.42 Å². The normalized spacial score (nSPS) is 27.1. The molecule has 0 amide bonds. The van der Waals surface area contributed by atoms with Gasteiger partial charge in [-0.25, -0.2) is 8.42 Å². The maximum Gasteiger partial charge on any atom is 0.321 e. The molecule has 0 aliphatic carbocycles. The van der Waals surface area contributed by atoms with Crippen molar-refractivity contribution in [3.8, 4) is 0 Å². The molecule has 1 rings (SSSR count). The molecule has 1 aliphatic rings. The molecule has 16 heavy (non-hydrogen) atoms. The molecule has 1 saturated heterocycles. The molecule has 2 unspecified atom stereocenters. The lowest BCUT2D eigenvalue weighted by Crippen LogP contribution is -2.41. The average Bonchev–Trinajstić information content (AvgIpc) is 2.57. The number of likely N-dealkylation sites (tertiary alicyclic amines) is 1. The summed E-state index contributed by atoms with van der Waals surface area (Å²) in [6.45, 7) is 4.51. The molecule has 0 aromatic rings. The van der Waals surface area contributed by atoms with Gasteiger partial charge < -0.3 is 5.11 Å². The fourth-order valence-corrected chi connectivity index (χ4v) is 2.88. The molecule has 0 radical (unpaired) electrons. The Bertz CT molecular complexity index is 352. The van der Waals surface area contributed by atoms with E-state index >= 15 is 0 Å². The number of aliphatic carboxylic acids is 1. The van der Waals surface area contributed by atoms with Gasteiger partial charge in [0.1, 0.15) is 6.04 Å². The van der Waals surface area contributed by atoms with Gasteiger partial charge in [0.25, 0.3) is 0 Å². The van der Waals surface area contributed by atoms with E-state index in [2.05, 4.69) is 0 Å². The summed E-state index contributed by atoms with van der Waals surface area (Å²) in [7, 11) is -3.01. The molecule has 5 nitrogen and oxygen atoms in total. The first-order valence-electron chi connectivity index (χ1n) is 5.54. The molecule has 94 valence electrons. The van der Waals surface area contributed by atoms with E-state index < -0.39 is 21.8 Å². The van der Waals surface area contributed by atoms with E-state index in [4.69, 9.17) is 5.11 Å². The molecule has 6 heteroatoms. The Kier molecular flexibility index (Phi) is 4.32. The second-order valence-corrected chi connectivity index (χ2v) is 6.79. The predicted molar refractivity (Wildman–Crippen MR) is 61.1 cm³/mol. The van der Waals surface area contributed by atoms with Crippen LogP contribution in [0.2, 0.25) is 0 Å². The van der Waals surface area contributed by atoms with Crippen LogP contribution in [-0.4, -0.2) is 55.0 Å². The van der Waals surface area contributed by atoms with Crippen LogP contribution in [0.5, 0.6) is 0 Å². The minimum atomic E-state index is -3.01. The molecule has 0 bridgehead atoms. The number of carboxylic acid groups (broad SMARTS) is 1. The van der Waals surface area contributed by atoms with Crippen molar-refractivity contribution < 1.29 is 18.3 Å². The highest BCUT2D eigenvalue weighted by Crippen LogP contribution is 2.23. The van der Waals surface area contributed by atoms with Crippen molar-refractivity contribution in [2.75, 3.05) is 24.6 Å². The van der Waals surface area contributed by atoms with Crippen molar-refractivity contribution in [1.82, 2.24) is 4.90 Å². The Morgan fingerprint density at radius 3 is 2.62 bits per heavy atom. The predicted octanol–water partition coefficient (Wildman–Crippen LogP) is 0.216. The summed E-state index contributed by atoms with van der Waals surface area (Å²) in [5.74, 6) is -0.575. The van der Waals surface area contributed by atoms with Crippen LogP contribution in [0.15, 0.2) is 0 Å². The third-order valence-corrected chi connectivity index (χ3v) is 4.87. The Labute approximate surface area is 96.4 Å². The number of nitrogens with zero attached hydrogens (tertiary/aromatic N) is 1. The zero-order valence-electron chi connectivity index (χ0n) is 9.72. The van der Waals surface area contributed by atoms with Crippen LogP contribution in [0.1, 0.15) is 20.3 Å². The van der Waals surface area contributed by atoms with E-state index in [1.807, 2.05) is 6.92 Å². The highest BCUT2D eigenvalue weighted by Gasteiger charge is 2.36. The molecule has 0 aromatic heterocycles. The zero-order valence-corrected chi connectivity index (χ0v) is 10.5. The van der Waals surface area contributed by atoms with Gasteiger partial charge in [0.2, 0.25) is 0 Å². The lowest BCUT2D eigenvalue weighted by Gasteiger charge is -2.22. The van der Waals surface area contributed by atoms with Gasteiger partial charge in [0, 0.05) is 12.3 Å². The van der Waals surface area contributed by atoms with Crippen molar-refractivity contribution in [2.24, 2.45) is 5.92 Å². The summed E-state index contributed by atoms with van der Waals surface area (Å²) in [5, 5.41) is 9.05. The lowest BCUT2D eigenvalue weighted by molar-refractivity contribution is -0.143. The fraction of sp³-hybridized carbons (Fsp3) is 0.900. The Morgan fingerprint density at radius 1 is 1.50 bits per heavy atom. The first kappa shape index (κ1) is 13.4. The third-order valence-electron chi connectivity index (χ3n) is 3.19. The third kappa shape index (κ3) is 3.18. The number of carboxylic acids is 1. The van der Waals surface area contributed by atoms with Gasteiger partial charge in [-0.2, -0.15) is 0 Å². The van der Waals surface area contributed by atoms with Crippen LogP contribution in [0.3, 0.4) is 0 Å². The minimum absolute atomic E-state index is 0.0556. The van der Waals surface area contributed by atoms with Crippen LogP contribution in [-0.2, 0) is 14.6 Å². The first-order valence-corrected chi connectivity index (χ1v) is 7.37. The highest BCUT2D eigenvalue weighted by molar-refractivity contribution is 7.91. The molecular weight excluding hydrogens is 230 g/mol. The molecule has 2 atom stereocenters. The Balaban J connectivity index is 2.58. The second kappa shape index (κ2) is 5.14. The molecule has 1 fully saturated rings. The van der Waals surface area contributed by atoms with Crippen LogP contribution in [0.4, 0.5) is 0 Å². The molecule has 0 aromatic carbocycles. The number of rotatable bonds is 5. The van der Waals surface area contributed by atoms with Crippen LogP contribution < -0.4 is 0 Å². The van der Waals surface area contributed by atoms with E-state index in [1.165, 1.54) is 0 Å². The van der Waals surface area contributed by atoms with Crippen molar-refractivity contribution in [1.29, 1.82) is 0 Å². The topological polar surface area (TPSA) is 74.7 Å². The Hall–Kier alpha value is -0.620. The summed E-state index contributed by atoms with van der Waals surface area (Å²) >= 11 is 0. The van der Waals surface area contributed by atoms with Gasteiger partial charge in [0.15, 0.2) is 9.84 Å². The van der Waals surface area contributed by atoms with Gasteiger partial charge in [-0.3, -0.25) is 9.69 Å². The standard InChI is InChI=1S/C10H19NO4S/c1-3-16(14,15)7-6-11-5-4-8(2)9(11)10(12)13/h8-9H,3-7H2,1-2H3,(H,12,13). The van der Waals surface area contributed by atoms with Crippen molar-refractivity contribution in [3.63, 3.8) is 0 Å². The number of hydrogen-bond donors (Lipinski definition) is 1. The van der Waals surface area contributed by atoms with Gasteiger partial charge in [0.05, 0.1) is 5.75 Å².